The van der Waals surface area contributed by atoms with Crippen molar-refractivity contribution in [3.8, 4) is 11.8 Å². The molecule has 0 saturated carbocycles. The third-order valence-corrected chi connectivity index (χ3v) is 8.06. The second kappa shape index (κ2) is 10.5. The molecule has 1 aliphatic rings. The van der Waals surface area contributed by atoms with Gasteiger partial charge in [0.1, 0.15) is 11.8 Å². The highest BCUT2D eigenvalue weighted by molar-refractivity contribution is 7.89. The van der Waals surface area contributed by atoms with E-state index in [1.807, 2.05) is 12.1 Å². The number of sulfonamides is 1. The van der Waals surface area contributed by atoms with Crippen molar-refractivity contribution in [3.05, 3.63) is 88.9 Å². The lowest BCUT2D eigenvalue weighted by molar-refractivity contribution is -0.122. The topological polar surface area (TPSA) is 108 Å². The molecule has 36 heavy (non-hydrogen) atoms. The molecule has 0 aromatic heterocycles. The molecule has 1 saturated heterocycles. The van der Waals surface area contributed by atoms with Crippen LogP contribution in [0.5, 0.6) is 5.75 Å². The minimum Gasteiger partial charge on any atom is -0.497 e. The molecule has 3 aromatic carbocycles. The first kappa shape index (κ1) is 25.4. The van der Waals surface area contributed by atoms with Crippen LogP contribution in [0, 0.1) is 11.3 Å². The second-order valence-electron chi connectivity index (χ2n) is 8.12. The molecule has 0 bridgehead atoms. The molecule has 1 unspecified atom stereocenters. The molecule has 2 amide bonds. The minimum atomic E-state index is -4.16. The largest absolute Gasteiger partial charge is 0.497 e. The fraction of sp³-hybridized carbons (Fsp3) is 0.192. The summed E-state index contributed by atoms with van der Waals surface area (Å²) in [6, 6.07) is 19.6. The number of halogens is 1. The Morgan fingerprint density at radius 1 is 1.08 bits per heavy atom. The zero-order valence-electron chi connectivity index (χ0n) is 19.3. The lowest BCUT2D eigenvalue weighted by Crippen LogP contribution is -2.46. The van der Waals surface area contributed by atoms with Gasteiger partial charge in [-0.3, -0.25) is 9.59 Å². The Hall–Kier alpha value is -3.71. The number of methoxy groups -OCH3 is 1. The summed E-state index contributed by atoms with van der Waals surface area (Å²) in [4.78, 5) is 27.3. The van der Waals surface area contributed by atoms with Crippen molar-refractivity contribution in [2.45, 2.75) is 23.8 Å². The number of carbonyl (C=O) groups is 2. The summed E-state index contributed by atoms with van der Waals surface area (Å²) in [6.45, 7) is -0.0421. The van der Waals surface area contributed by atoms with Crippen LogP contribution in [0.25, 0.3) is 0 Å². The van der Waals surface area contributed by atoms with Crippen LogP contribution in [0.2, 0.25) is 5.02 Å². The lowest BCUT2D eigenvalue weighted by Gasteiger charge is -2.27. The predicted molar refractivity (Wildman–Crippen MR) is 134 cm³/mol. The Morgan fingerprint density at radius 2 is 1.78 bits per heavy atom. The van der Waals surface area contributed by atoms with Crippen LogP contribution in [-0.4, -0.2) is 44.2 Å². The Bertz CT molecular complexity index is 1430. The minimum absolute atomic E-state index is 0.0218. The highest BCUT2D eigenvalue weighted by atomic mass is 35.5. The van der Waals surface area contributed by atoms with Crippen LogP contribution in [-0.2, 0) is 26.0 Å². The first-order valence-corrected chi connectivity index (χ1v) is 12.8. The summed E-state index contributed by atoms with van der Waals surface area (Å²) in [5.74, 6) is -0.682. The van der Waals surface area contributed by atoms with E-state index in [4.69, 9.17) is 21.6 Å². The van der Waals surface area contributed by atoms with Crippen LogP contribution in [0.15, 0.2) is 77.7 Å². The predicted octanol–water partition coefficient (Wildman–Crippen LogP) is 3.79. The van der Waals surface area contributed by atoms with Crippen molar-refractivity contribution in [2.75, 3.05) is 18.6 Å². The Balaban J connectivity index is 1.69. The molecule has 10 heteroatoms. The molecular weight excluding hydrogens is 502 g/mol. The molecule has 0 aliphatic carbocycles. The van der Waals surface area contributed by atoms with Crippen molar-refractivity contribution in [1.29, 1.82) is 5.26 Å². The maximum absolute atomic E-state index is 13.7. The molecule has 0 spiro atoms. The molecule has 1 atom stereocenters. The number of nitrogens with zero attached hydrogens (tertiary/aromatic N) is 3. The number of rotatable bonds is 8. The molecule has 0 N–H and O–H groups in total. The summed E-state index contributed by atoms with van der Waals surface area (Å²) >= 11 is 6.08. The Morgan fingerprint density at radius 3 is 2.39 bits per heavy atom. The molecule has 184 valence electrons. The van der Waals surface area contributed by atoms with Crippen molar-refractivity contribution >= 4 is 39.1 Å². The fourth-order valence-electron chi connectivity index (χ4n) is 4.06. The number of ether oxygens (including phenoxy) is 1. The highest BCUT2D eigenvalue weighted by Crippen LogP contribution is 2.30. The standard InChI is InChI=1S/C26H22ClN3O5S/c1-35-22-9-11-23(12-10-22)36(33,34)29(14-13-18-3-2-4-20(27)15-18)24-16-25(31)30(26(24)32)21-7-5-19(17-28)6-8-21/h2-12,15,24H,13-14,16H2,1H3. The van der Waals surface area contributed by atoms with Gasteiger partial charge in [-0.25, -0.2) is 13.3 Å². The third kappa shape index (κ3) is 5.11. The lowest BCUT2D eigenvalue weighted by atomic mass is 10.1. The number of hydrogen-bond donors (Lipinski definition) is 0. The van der Waals surface area contributed by atoms with E-state index in [0.29, 0.717) is 16.3 Å². The normalized spacial score (nSPS) is 15.8. The number of nitriles is 1. The van der Waals surface area contributed by atoms with Crippen molar-refractivity contribution in [3.63, 3.8) is 0 Å². The number of imide groups is 1. The van der Waals surface area contributed by atoms with E-state index in [2.05, 4.69) is 0 Å². The van der Waals surface area contributed by atoms with Gasteiger partial charge in [-0.2, -0.15) is 9.57 Å². The van der Waals surface area contributed by atoms with Gasteiger partial charge in [0.15, 0.2) is 0 Å². The van der Waals surface area contributed by atoms with Crippen molar-refractivity contribution < 1.29 is 22.7 Å². The first-order chi connectivity index (χ1) is 17.2. The van der Waals surface area contributed by atoms with Crippen LogP contribution in [0.4, 0.5) is 5.69 Å². The molecule has 8 nitrogen and oxygen atoms in total. The summed E-state index contributed by atoms with van der Waals surface area (Å²) < 4.78 is 33.7. The summed E-state index contributed by atoms with van der Waals surface area (Å²) in [7, 11) is -2.69. The molecular formula is C26H22ClN3O5S. The SMILES string of the molecule is COc1ccc(S(=O)(=O)N(CCc2cccc(Cl)c2)C2CC(=O)N(c3ccc(C#N)cc3)C2=O)cc1. The first-order valence-electron chi connectivity index (χ1n) is 11.0. The van der Waals surface area contributed by atoms with Crippen LogP contribution < -0.4 is 9.64 Å². The third-order valence-electron chi connectivity index (χ3n) is 5.90. The summed E-state index contributed by atoms with van der Waals surface area (Å²) in [5.41, 5.74) is 1.45. The molecule has 3 aromatic rings. The van der Waals surface area contributed by atoms with Gasteiger partial charge in [0.2, 0.25) is 15.9 Å². The molecule has 1 heterocycles. The number of carbonyl (C=O) groups excluding carboxylic acids is 2. The fourth-order valence-corrected chi connectivity index (χ4v) is 5.85. The summed E-state index contributed by atoms with van der Waals surface area (Å²) in [6.07, 6.45) is -0.0193. The van der Waals surface area contributed by atoms with Gasteiger partial charge >= 0.3 is 0 Å². The van der Waals surface area contributed by atoms with E-state index in [1.54, 1.807) is 18.2 Å². The quantitative estimate of drug-likeness (QED) is 0.416. The van der Waals surface area contributed by atoms with Gasteiger partial charge in [-0.05, 0) is 72.6 Å². The average Bonchev–Trinajstić information content (AvgIpc) is 3.17. The van der Waals surface area contributed by atoms with E-state index in [-0.39, 0.29) is 30.0 Å². The molecule has 4 rings (SSSR count). The summed E-state index contributed by atoms with van der Waals surface area (Å²) in [5, 5.41) is 9.54. The Labute approximate surface area is 214 Å². The van der Waals surface area contributed by atoms with Crippen molar-refractivity contribution in [1.82, 2.24) is 4.31 Å². The highest BCUT2D eigenvalue weighted by Gasteiger charge is 2.46. The van der Waals surface area contributed by atoms with E-state index in [0.717, 1.165) is 14.8 Å². The van der Waals surface area contributed by atoms with E-state index >= 15 is 0 Å². The van der Waals surface area contributed by atoms with E-state index < -0.39 is 27.9 Å². The van der Waals surface area contributed by atoms with Crippen LogP contribution in [0.3, 0.4) is 0 Å². The number of benzene rings is 3. The van der Waals surface area contributed by atoms with Gasteiger partial charge < -0.3 is 4.74 Å². The Kier molecular flexibility index (Phi) is 7.40. The van der Waals surface area contributed by atoms with E-state index in [9.17, 15) is 18.0 Å². The molecule has 1 aliphatic heterocycles. The monoisotopic (exact) mass is 523 g/mol. The number of amides is 2. The van der Waals surface area contributed by atoms with Crippen LogP contribution in [0.1, 0.15) is 17.5 Å². The van der Waals surface area contributed by atoms with Crippen LogP contribution >= 0.6 is 11.6 Å². The van der Waals surface area contributed by atoms with Gasteiger partial charge in [-0.15, -0.1) is 0 Å². The van der Waals surface area contributed by atoms with Gasteiger partial charge in [-0.1, -0.05) is 23.7 Å². The van der Waals surface area contributed by atoms with Gasteiger partial charge in [0.25, 0.3) is 5.91 Å². The van der Waals surface area contributed by atoms with Gasteiger partial charge in [0, 0.05) is 11.6 Å². The maximum atomic E-state index is 13.7. The number of hydrogen-bond acceptors (Lipinski definition) is 6. The average molecular weight is 524 g/mol. The molecule has 0 radical (unpaired) electrons. The smallest absolute Gasteiger partial charge is 0.252 e. The zero-order valence-corrected chi connectivity index (χ0v) is 20.9. The van der Waals surface area contributed by atoms with Crippen molar-refractivity contribution in [2.24, 2.45) is 0 Å². The number of anilines is 1. The zero-order chi connectivity index (χ0) is 25.9. The second-order valence-corrected chi connectivity index (χ2v) is 10.4. The van der Waals surface area contributed by atoms with Gasteiger partial charge in [0.05, 0.1) is 35.7 Å². The molecule has 1 fully saturated rings. The maximum Gasteiger partial charge on any atom is 0.252 e. The van der Waals surface area contributed by atoms with E-state index in [1.165, 1.54) is 55.6 Å².